The Morgan fingerprint density at radius 1 is 0.895 bits per heavy atom. The highest BCUT2D eigenvalue weighted by Crippen LogP contribution is 2.47. The molecule has 38 heavy (non-hydrogen) atoms. The lowest BCUT2D eigenvalue weighted by atomic mass is 9.69. The summed E-state index contributed by atoms with van der Waals surface area (Å²) in [5.41, 5.74) is 7.41. The molecule has 0 amide bonds. The normalized spacial score (nSPS) is 21.9. The minimum atomic E-state index is -0.910. The summed E-state index contributed by atoms with van der Waals surface area (Å²) in [5, 5.41) is 12.3. The maximum Gasteiger partial charge on any atom is 0.336 e. The molecule has 6 rings (SSSR count). The van der Waals surface area contributed by atoms with Crippen LogP contribution in [0.2, 0.25) is 0 Å². The van der Waals surface area contributed by atoms with Crippen LogP contribution in [0.3, 0.4) is 0 Å². The molecule has 2 aliphatic carbocycles. The van der Waals surface area contributed by atoms with Crippen molar-refractivity contribution in [2.75, 3.05) is 0 Å². The highest BCUT2D eigenvalue weighted by molar-refractivity contribution is 5.98. The molecular weight excluding hydrogens is 492 g/mol. The van der Waals surface area contributed by atoms with Crippen LogP contribution in [0.15, 0.2) is 48.5 Å². The van der Waals surface area contributed by atoms with Crippen molar-refractivity contribution in [2.24, 2.45) is 10.8 Å². The number of benzene rings is 3. The maximum absolute atomic E-state index is 12.4. The van der Waals surface area contributed by atoms with Crippen molar-refractivity contribution in [3.05, 3.63) is 92.3 Å². The highest BCUT2D eigenvalue weighted by atomic mass is 35.5. The van der Waals surface area contributed by atoms with Gasteiger partial charge in [-0.15, -0.1) is 0 Å². The van der Waals surface area contributed by atoms with Crippen molar-refractivity contribution in [1.29, 1.82) is 0 Å². The molecule has 0 saturated heterocycles. The Bertz CT molecular complexity index is 1590. The number of hydrogen-bond donors (Lipinski definition) is 1. The Kier molecular flexibility index (Phi) is 6.30. The van der Waals surface area contributed by atoms with E-state index < -0.39 is 5.97 Å². The number of carboxylic acid groups (broad SMARTS) is 1. The van der Waals surface area contributed by atoms with E-state index in [1.807, 2.05) is 12.1 Å². The number of carboxylic acids is 1. The molecule has 198 valence electrons. The van der Waals surface area contributed by atoms with Crippen LogP contribution < -0.4 is 27.6 Å². The molecule has 2 unspecified atom stereocenters. The van der Waals surface area contributed by atoms with Crippen LogP contribution in [0, 0.1) is 10.8 Å². The second kappa shape index (κ2) is 9.02. The molecule has 1 heterocycles. The van der Waals surface area contributed by atoms with Crippen molar-refractivity contribution in [1.82, 2.24) is 0 Å². The van der Waals surface area contributed by atoms with Crippen LogP contribution in [0.5, 0.6) is 11.5 Å². The van der Waals surface area contributed by atoms with E-state index in [4.69, 9.17) is 4.74 Å². The van der Waals surface area contributed by atoms with Gasteiger partial charge < -0.3 is 22.3 Å². The molecule has 1 N–H and O–H groups in total. The first kappa shape index (κ1) is 26.6. The monoisotopic (exact) mass is 527 g/mol. The zero-order chi connectivity index (χ0) is 26.3. The van der Waals surface area contributed by atoms with Crippen LogP contribution in [0.25, 0.3) is 11.6 Å². The van der Waals surface area contributed by atoms with E-state index in [0.29, 0.717) is 17.4 Å². The quantitative estimate of drug-likeness (QED) is 0.426. The fourth-order valence-electron chi connectivity index (χ4n) is 7.32. The molecule has 3 aliphatic rings. The summed E-state index contributed by atoms with van der Waals surface area (Å²) in [6, 6.07) is 16.4. The van der Waals surface area contributed by atoms with Crippen molar-refractivity contribution >= 4 is 17.6 Å². The van der Waals surface area contributed by atoms with Crippen LogP contribution in [0.4, 0.5) is 0 Å². The molecular formula is C34H36ClO3-. The minimum Gasteiger partial charge on any atom is -1.00 e. The molecule has 3 aromatic rings. The second-order valence-corrected chi connectivity index (χ2v) is 13.0. The fraction of sp³-hybridized carbons (Fsp3) is 0.382. The molecule has 4 heteroatoms. The number of fused-ring (bicyclic) bond motifs is 4. The van der Waals surface area contributed by atoms with E-state index in [1.165, 1.54) is 21.9 Å². The summed E-state index contributed by atoms with van der Waals surface area (Å²) < 4.78 is 6.68. The number of rotatable bonds is 2. The van der Waals surface area contributed by atoms with Crippen LogP contribution in [-0.2, 0) is 6.42 Å². The molecule has 0 spiro atoms. The molecule has 0 aromatic heterocycles. The van der Waals surface area contributed by atoms with Gasteiger partial charge in [0.05, 0.1) is 5.56 Å². The van der Waals surface area contributed by atoms with E-state index in [-0.39, 0.29) is 23.2 Å². The molecule has 3 nitrogen and oxygen atoms in total. The number of carbonyl (C=O) groups is 1. The Labute approximate surface area is 231 Å². The van der Waals surface area contributed by atoms with Gasteiger partial charge in [-0.05, 0) is 99.7 Å². The Balaban J connectivity index is 0.00000294. The van der Waals surface area contributed by atoms with Crippen molar-refractivity contribution in [2.45, 2.75) is 72.6 Å². The number of aromatic carboxylic acids is 1. The molecule has 0 radical (unpaired) electrons. The lowest BCUT2D eigenvalue weighted by Crippen LogP contribution is -3.00. The highest BCUT2D eigenvalue weighted by Gasteiger charge is 2.34. The fourth-order valence-corrected chi connectivity index (χ4v) is 7.32. The van der Waals surface area contributed by atoms with Gasteiger partial charge >= 0.3 is 5.97 Å². The van der Waals surface area contributed by atoms with E-state index in [2.05, 4.69) is 71.9 Å². The Hall–Kier alpha value is -3.04. The van der Waals surface area contributed by atoms with E-state index >= 15 is 0 Å². The van der Waals surface area contributed by atoms with Gasteiger partial charge in [0, 0.05) is 16.4 Å². The van der Waals surface area contributed by atoms with E-state index in [1.54, 1.807) is 12.1 Å². The van der Waals surface area contributed by atoms with Crippen molar-refractivity contribution in [3.8, 4) is 11.5 Å². The summed E-state index contributed by atoms with van der Waals surface area (Å²) >= 11 is 0. The van der Waals surface area contributed by atoms with Gasteiger partial charge in [0.25, 0.3) is 0 Å². The summed E-state index contributed by atoms with van der Waals surface area (Å²) in [6.07, 6.45) is 5.59. The molecule has 2 atom stereocenters. The van der Waals surface area contributed by atoms with Gasteiger partial charge in [-0.2, -0.15) is 0 Å². The summed E-state index contributed by atoms with van der Waals surface area (Å²) in [5.74, 6) is 1.57. The zero-order valence-corrected chi connectivity index (χ0v) is 23.9. The molecule has 0 bridgehead atoms. The first-order chi connectivity index (χ1) is 17.4. The maximum atomic E-state index is 12.4. The average Bonchev–Trinajstić information content (AvgIpc) is 2.79. The van der Waals surface area contributed by atoms with Gasteiger partial charge in [0.1, 0.15) is 11.5 Å². The number of hydrogen-bond acceptors (Lipinski definition) is 2. The summed E-state index contributed by atoms with van der Waals surface area (Å²) in [4.78, 5) is 12.4. The standard InChI is InChI=1S/C34H36O3.ClH/c1-19-15-33(3,4)17-21-11-29-27(13-25(19)21)31(23-9-7-8-10-24(23)32(35)36)28-14-26-20(2)16-34(5,6)18-22(26)12-30(28)37-29;/h7-14,17,19-20H,15-16,18H2,1-6H3,(H,35,36);1H/p-1. The largest absolute Gasteiger partial charge is 1.00 e. The van der Waals surface area contributed by atoms with Crippen LogP contribution >= 0.6 is 0 Å². The average molecular weight is 528 g/mol. The van der Waals surface area contributed by atoms with Crippen molar-refractivity contribution in [3.63, 3.8) is 0 Å². The smallest absolute Gasteiger partial charge is 0.336 e. The Morgan fingerprint density at radius 3 is 2.34 bits per heavy atom. The van der Waals surface area contributed by atoms with E-state index in [9.17, 15) is 9.90 Å². The first-order valence-corrected chi connectivity index (χ1v) is 13.5. The van der Waals surface area contributed by atoms with Crippen LogP contribution in [0.1, 0.15) is 104 Å². The number of halogens is 1. The lowest BCUT2D eigenvalue weighted by molar-refractivity contribution is -0.0000247. The third-order valence-corrected chi connectivity index (χ3v) is 8.58. The topological polar surface area (TPSA) is 46.5 Å². The number of ether oxygens (including phenoxy) is 1. The summed E-state index contributed by atoms with van der Waals surface area (Å²) in [7, 11) is 0. The lowest BCUT2D eigenvalue weighted by Gasteiger charge is -2.37. The minimum absolute atomic E-state index is 0. The van der Waals surface area contributed by atoms with Crippen LogP contribution in [-0.4, -0.2) is 11.1 Å². The van der Waals surface area contributed by atoms with Gasteiger partial charge in [0.2, 0.25) is 0 Å². The molecule has 0 fully saturated rings. The third kappa shape index (κ3) is 4.35. The second-order valence-electron chi connectivity index (χ2n) is 13.0. The third-order valence-electron chi connectivity index (χ3n) is 8.58. The Morgan fingerprint density at radius 2 is 1.61 bits per heavy atom. The van der Waals surface area contributed by atoms with Gasteiger partial charge in [0.15, 0.2) is 0 Å². The summed E-state index contributed by atoms with van der Waals surface area (Å²) in [6.45, 7) is 13.9. The first-order valence-electron chi connectivity index (χ1n) is 13.5. The SMILES string of the molecule is CC1CC(C)(C)Cc2cc3c(cc21)C(c1ccccc1C(=O)O)=c1cc2c(cc1O3)=CC(C)(C)CC2C.[Cl-]. The van der Waals surface area contributed by atoms with Gasteiger partial charge in [-0.25, -0.2) is 4.79 Å². The molecule has 0 saturated carbocycles. The predicted molar refractivity (Wildman–Crippen MR) is 149 cm³/mol. The predicted octanol–water partition coefficient (Wildman–Crippen LogP) is 4.13. The van der Waals surface area contributed by atoms with Gasteiger partial charge in [-0.3, -0.25) is 0 Å². The molecule has 1 aliphatic heterocycles. The van der Waals surface area contributed by atoms with E-state index in [0.717, 1.165) is 52.7 Å². The van der Waals surface area contributed by atoms with Crippen molar-refractivity contribution < 1.29 is 27.0 Å². The van der Waals surface area contributed by atoms with Gasteiger partial charge in [-0.1, -0.05) is 65.8 Å². The zero-order valence-electron chi connectivity index (χ0n) is 23.1. The molecule has 3 aromatic carbocycles.